The zero-order valence-corrected chi connectivity index (χ0v) is 11.9. The smallest absolute Gasteiger partial charge is 0.229 e. The molecule has 0 unspecified atom stereocenters. The van der Waals surface area contributed by atoms with Gasteiger partial charge in [0, 0.05) is 5.02 Å². The predicted octanol–water partition coefficient (Wildman–Crippen LogP) is 2.26. The number of benzene rings is 1. The molecule has 0 saturated carbocycles. The fraction of sp³-hybridized carbons (Fsp3) is 0.125. The number of halogens is 1. The van der Waals surface area contributed by atoms with Crippen LogP contribution in [0, 0.1) is 11.8 Å². The molecule has 2 rings (SSSR count). The van der Waals surface area contributed by atoms with Crippen LogP contribution in [0.4, 0.5) is 5.82 Å². The SMILES string of the molecule is O=C(Cc1ccc(Cl)cc1)Nc1cccc(C#CCO)n1. The highest BCUT2D eigenvalue weighted by molar-refractivity contribution is 6.30. The molecule has 21 heavy (non-hydrogen) atoms. The zero-order valence-electron chi connectivity index (χ0n) is 11.1. The van der Waals surface area contributed by atoms with Gasteiger partial charge >= 0.3 is 0 Å². The molecule has 2 aromatic rings. The van der Waals surface area contributed by atoms with E-state index in [9.17, 15) is 4.79 Å². The molecule has 0 atom stereocenters. The van der Waals surface area contributed by atoms with Crippen molar-refractivity contribution in [1.29, 1.82) is 0 Å². The van der Waals surface area contributed by atoms with Crippen LogP contribution in [0.1, 0.15) is 11.3 Å². The molecular formula is C16H13ClN2O2. The molecule has 106 valence electrons. The number of nitrogens with one attached hydrogen (secondary N) is 1. The summed E-state index contributed by atoms with van der Waals surface area (Å²) in [7, 11) is 0. The van der Waals surface area contributed by atoms with Crippen molar-refractivity contribution in [3.63, 3.8) is 0 Å². The average molecular weight is 301 g/mol. The van der Waals surface area contributed by atoms with Crippen molar-refractivity contribution in [2.75, 3.05) is 11.9 Å². The molecule has 1 amide bonds. The van der Waals surface area contributed by atoms with Crippen molar-refractivity contribution < 1.29 is 9.90 Å². The van der Waals surface area contributed by atoms with Gasteiger partial charge in [-0.05, 0) is 35.7 Å². The summed E-state index contributed by atoms with van der Waals surface area (Å²) < 4.78 is 0. The number of aromatic nitrogens is 1. The molecule has 5 heteroatoms. The highest BCUT2D eigenvalue weighted by Crippen LogP contribution is 2.11. The number of hydrogen-bond donors (Lipinski definition) is 2. The van der Waals surface area contributed by atoms with Gasteiger partial charge in [-0.3, -0.25) is 4.79 Å². The molecule has 1 aromatic carbocycles. The summed E-state index contributed by atoms with van der Waals surface area (Å²) in [4.78, 5) is 16.1. The summed E-state index contributed by atoms with van der Waals surface area (Å²) in [6.45, 7) is -0.227. The third-order valence-corrected chi connectivity index (χ3v) is 2.84. The highest BCUT2D eigenvalue weighted by atomic mass is 35.5. The van der Waals surface area contributed by atoms with Crippen molar-refractivity contribution in [2.24, 2.45) is 0 Å². The lowest BCUT2D eigenvalue weighted by atomic mass is 10.1. The first-order chi connectivity index (χ1) is 10.2. The number of carbonyl (C=O) groups excluding carboxylic acids is 1. The fourth-order valence-corrected chi connectivity index (χ4v) is 1.80. The van der Waals surface area contributed by atoms with E-state index in [2.05, 4.69) is 22.1 Å². The number of hydrogen-bond acceptors (Lipinski definition) is 3. The number of aliphatic hydroxyl groups excluding tert-OH is 1. The van der Waals surface area contributed by atoms with Crippen molar-refractivity contribution >= 4 is 23.3 Å². The predicted molar refractivity (Wildman–Crippen MR) is 82.0 cm³/mol. The molecule has 0 fully saturated rings. The van der Waals surface area contributed by atoms with Crippen molar-refractivity contribution in [3.05, 3.63) is 58.7 Å². The Balaban J connectivity index is 2.00. The van der Waals surface area contributed by atoms with Crippen LogP contribution in [0.25, 0.3) is 0 Å². The Morgan fingerprint density at radius 1 is 1.24 bits per heavy atom. The standard InChI is InChI=1S/C16H13ClN2O2/c17-13-8-6-12(7-9-13)11-16(21)19-15-5-1-3-14(18-15)4-2-10-20/h1,3,5-9,20H,10-11H2,(H,18,19,21). The van der Waals surface area contributed by atoms with Crippen molar-refractivity contribution in [3.8, 4) is 11.8 Å². The Kier molecular flexibility index (Phi) is 5.33. The number of carbonyl (C=O) groups is 1. The number of anilines is 1. The second-order valence-corrected chi connectivity index (χ2v) is 4.66. The van der Waals surface area contributed by atoms with E-state index in [-0.39, 0.29) is 18.9 Å². The second-order valence-electron chi connectivity index (χ2n) is 4.22. The number of nitrogens with zero attached hydrogens (tertiary/aromatic N) is 1. The van der Waals surface area contributed by atoms with E-state index in [4.69, 9.17) is 16.7 Å². The largest absolute Gasteiger partial charge is 0.384 e. The maximum Gasteiger partial charge on any atom is 0.229 e. The monoisotopic (exact) mass is 300 g/mol. The first kappa shape index (κ1) is 15.0. The van der Waals surface area contributed by atoms with Crippen LogP contribution in [-0.4, -0.2) is 22.6 Å². The third kappa shape index (κ3) is 4.92. The average Bonchev–Trinajstić information content (AvgIpc) is 2.48. The van der Waals surface area contributed by atoms with Gasteiger partial charge in [0.2, 0.25) is 5.91 Å². The van der Waals surface area contributed by atoms with Crippen LogP contribution in [0.5, 0.6) is 0 Å². The first-order valence-electron chi connectivity index (χ1n) is 6.28. The van der Waals surface area contributed by atoms with Crippen LogP contribution in [0.3, 0.4) is 0 Å². The lowest BCUT2D eigenvalue weighted by Gasteiger charge is -2.05. The van der Waals surface area contributed by atoms with Gasteiger partial charge in [0.15, 0.2) is 0 Å². The molecule has 1 aromatic heterocycles. The fourth-order valence-electron chi connectivity index (χ4n) is 1.68. The third-order valence-electron chi connectivity index (χ3n) is 2.59. The summed E-state index contributed by atoms with van der Waals surface area (Å²) in [6, 6.07) is 12.2. The van der Waals surface area contributed by atoms with Gasteiger partial charge < -0.3 is 10.4 Å². The lowest BCUT2D eigenvalue weighted by molar-refractivity contribution is -0.115. The molecule has 0 aliphatic carbocycles. The Morgan fingerprint density at radius 3 is 2.71 bits per heavy atom. The van der Waals surface area contributed by atoms with Gasteiger partial charge in [-0.15, -0.1) is 0 Å². The lowest BCUT2D eigenvalue weighted by Crippen LogP contribution is -2.15. The molecule has 0 bridgehead atoms. The molecule has 2 N–H and O–H groups in total. The quantitative estimate of drug-likeness (QED) is 0.855. The van der Waals surface area contributed by atoms with Gasteiger partial charge in [0.25, 0.3) is 0 Å². The van der Waals surface area contributed by atoms with E-state index >= 15 is 0 Å². The van der Waals surface area contributed by atoms with Crippen LogP contribution >= 0.6 is 11.6 Å². The van der Waals surface area contributed by atoms with Gasteiger partial charge in [-0.2, -0.15) is 0 Å². The molecule has 4 nitrogen and oxygen atoms in total. The normalized spacial score (nSPS) is 9.62. The Morgan fingerprint density at radius 2 is 2.00 bits per heavy atom. The molecule has 0 radical (unpaired) electrons. The van der Waals surface area contributed by atoms with Crippen molar-refractivity contribution in [1.82, 2.24) is 4.98 Å². The summed E-state index contributed by atoms with van der Waals surface area (Å²) in [5.74, 6) is 5.45. The van der Waals surface area contributed by atoms with E-state index < -0.39 is 0 Å². The summed E-state index contributed by atoms with van der Waals surface area (Å²) in [5.41, 5.74) is 1.36. The number of rotatable bonds is 3. The zero-order chi connectivity index (χ0) is 15.1. The summed E-state index contributed by atoms with van der Waals surface area (Å²) in [5, 5.41) is 12.0. The minimum Gasteiger partial charge on any atom is -0.384 e. The molecule has 1 heterocycles. The Labute approximate surface area is 127 Å². The summed E-state index contributed by atoms with van der Waals surface area (Å²) in [6.07, 6.45) is 0.241. The van der Waals surface area contributed by atoms with Crippen LogP contribution in [0.15, 0.2) is 42.5 Å². The van der Waals surface area contributed by atoms with E-state index in [0.717, 1.165) is 5.56 Å². The maximum atomic E-state index is 11.9. The topological polar surface area (TPSA) is 62.2 Å². The maximum absolute atomic E-state index is 11.9. The Bertz CT molecular complexity index is 687. The van der Waals surface area contributed by atoms with E-state index in [1.807, 2.05) is 0 Å². The minimum absolute atomic E-state index is 0.169. The van der Waals surface area contributed by atoms with Crippen LogP contribution in [-0.2, 0) is 11.2 Å². The minimum atomic E-state index is -0.227. The summed E-state index contributed by atoms with van der Waals surface area (Å²) >= 11 is 5.80. The Hall–Kier alpha value is -2.35. The number of pyridine rings is 1. The number of aliphatic hydroxyl groups is 1. The second kappa shape index (κ2) is 7.44. The first-order valence-corrected chi connectivity index (χ1v) is 6.66. The van der Waals surface area contributed by atoms with E-state index in [1.54, 1.807) is 42.5 Å². The molecular weight excluding hydrogens is 288 g/mol. The molecule has 0 aliphatic heterocycles. The molecule has 0 aliphatic rings. The molecule has 0 spiro atoms. The highest BCUT2D eigenvalue weighted by Gasteiger charge is 2.05. The van der Waals surface area contributed by atoms with Gasteiger partial charge in [-0.25, -0.2) is 4.98 Å². The number of amides is 1. The van der Waals surface area contributed by atoms with Gasteiger partial charge in [-0.1, -0.05) is 35.7 Å². The van der Waals surface area contributed by atoms with Crippen LogP contribution in [0.2, 0.25) is 5.02 Å². The van der Waals surface area contributed by atoms with Gasteiger partial charge in [0.1, 0.15) is 18.1 Å². The van der Waals surface area contributed by atoms with E-state index in [1.165, 1.54) is 0 Å². The molecule has 0 saturated heterocycles. The van der Waals surface area contributed by atoms with Gasteiger partial charge in [0.05, 0.1) is 6.42 Å². The van der Waals surface area contributed by atoms with Crippen molar-refractivity contribution in [2.45, 2.75) is 6.42 Å². The van der Waals surface area contributed by atoms with Crippen LogP contribution < -0.4 is 5.32 Å². The van der Waals surface area contributed by atoms with E-state index in [0.29, 0.717) is 16.5 Å².